The number of nitrogens with zero attached hydrogens (tertiary/aromatic N) is 3. The van der Waals surface area contributed by atoms with Gasteiger partial charge in [0, 0.05) is 26.1 Å². The summed E-state index contributed by atoms with van der Waals surface area (Å²) < 4.78 is 0. The number of hydrogen-bond donors (Lipinski definition) is 1. The molecular formula is C14H24N4O. The molecule has 106 valence electrons. The average molecular weight is 264 g/mol. The highest BCUT2D eigenvalue weighted by Gasteiger charge is 2.19. The molecule has 5 heteroatoms. The first-order valence-electron chi connectivity index (χ1n) is 6.87. The van der Waals surface area contributed by atoms with Gasteiger partial charge in [-0.2, -0.15) is 0 Å². The summed E-state index contributed by atoms with van der Waals surface area (Å²) in [5, 5.41) is 3.15. The molecule has 0 saturated carbocycles. The lowest BCUT2D eigenvalue weighted by Gasteiger charge is -2.18. The van der Waals surface area contributed by atoms with Gasteiger partial charge in [-0.05, 0) is 13.3 Å². The summed E-state index contributed by atoms with van der Waals surface area (Å²) in [5.74, 6) is 0.857. The molecule has 0 radical (unpaired) electrons. The largest absolute Gasteiger partial charge is 0.382 e. The molecule has 0 fully saturated rings. The van der Waals surface area contributed by atoms with Gasteiger partial charge in [0.15, 0.2) is 5.69 Å². The van der Waals surface area contributed by atoms with Crippen LogP contribution in [0.4, 0.5) is 5.69 Å². The standard InChI is InChI=1S/C14H24N4O/c1-6-8-18(5)14(19)12-11(15-7-2)9-16-13(17-12)10(3)4/h9-10,15H,6-8H2,1-5H3. The number of aromatic nitrogens is 2. The first-order chi connectivity index (χ1) is 9.01. The van der Waals surface area contributed by atoms with Crippen LogP contribution in [0.25, 0.3) is 0 Å². The molecule has 1 N–H and O–H groups in total. The fourth-order valence-electron chi connectivity index (χ4n) is 1.77. The van der Waals surface area contributed by atoms with Gasteiger partial charge in [-0.1, -0.05) is 20.8 Å². The van der Waals surface area contributed by atoms with Crippen LogP contribution in [0, 0.1) is 0 Å². The summed E-state index contributed by atoms with van der Waals surface area (Å²) in [6.07, 6.45) is 2.64. The molecule has 1 heterocycles. The maximum absolute atomic E-state index is 12.4. The smallest absolute Gasteiger partial charge is 0.274 e. The van der Waals surface area contributed by atoms with Crippen LogP contribution in [0.3, 0.4) is 0 Å². The maximum atomic E-state index is 12.4. The van der Waals surface area contributed by atoms with Crippen molar-refractivity contribution in [2.24, 2.45) is 0 Å². The van der Waals surface area contributed by atoms with Crippen LogP contribution in [0.5, 0.6) is 0 Å². The van der Waals surface area contributed by atoms with Gasteiger partial charge in [0.1, 0.15) is 5.82 Å². The second-order valence-corrected chi connectivity index (χ2v) is 4.90. The van der Waals surface area contributed by atoms with E-state index in [4.69, 9.17) is 0 Å². The van der Waals surface area contributed by atoms with Gasteiger partial charge in [-0.15, -0.1) is 0 Å². The third kappa shape index (κ3) is 3.91. The van der Waals surface area contributed by atoms with E-state index in [0.29, 0.717) is 17.2 Å². The first-order valence-corrected chi connectivity index (χ1v) is 6.87. The molecule has 1 amide bonds. The molecule has 0 aliphatic carbocycles. The highest BCUT2D eigenvalue weighted by atomic mass is 16.2. The molecule has 0 aliphatic heterocycles. The van der Waals surface area contributed by atoms with Crippen LogP contribution in [-0.4, -0.2) is 40.9 Å². The van der Waals surface area contributed by atoms with E-state index in [1.807, 2.05) is 20.8 Å². The van der Waals surface area contributed by atoms with Crippen molar-refractivity contribution in [3.05, 3.63) is 17.7 Å². The minimum absolute atomic E-state index is 0.0536. The van der Waals surface area contributed by atoms with Crippen molar-refractivity contribution < 1.29 is 4.79 Å². The molecule has 0 saturated heterocycles. The van der Waals surface area contributed by atoms with E-state index < -0.39 is 0 Å². The Morgan fingerprint density at radius 3 is 2.63 bits per heavy atom. The number of carbonyl (C=O) groups is 1. The normalized spacial score (nSPS) is 10.6. The summed E-state index contributed by atoms with van der Waals surface area (Å²) in [6, 6.07) is 0. The Hall–Kier alpha value is -1.65. The second-order valence-electron chi connectivity index (χ2n) is 4.90. The molecule has 5 nitrogen and oxygen atoms in total. The molecule has 0 aromatic carbocycles. The Labute approximate surface area is 115 Å². The van der Waals surface area contributed by atoms with Crippen LogP contribution in [-0.2, 0) is 0 Å². The minimum atomic E-state index is -0.0536. The summed E-state index contributed by atoms with van der Waals surface area (Å²) in [4.78, 5) is 22.8. The molecule has 0 unspecified atom stereocenters. The van der Waals surface area contributed by atoms with E-state index in [-0.39, 0.29) is 11.8 Å². The molecule has 19 heavy (non-hydrogen) atoms. The molecule has 1 rings (SSSR count). The fourth-order valence-corrected chi connectivity index (χ4v) is 1.77. The monoisotopic (exact) mass is 264 g/mol. The second kappa shape index (κ2) is 7.07. The van der Waals surface area contributed by atoms with E-state index in [1.165, 1.54) is 0 Å². The lowest BCUT2D eigenvalue weighted by atomic mass is 10.2. The highest BCUT2D eigenvalue weighted by molar-refractivity contribution is 5.97. The zero-order chi connectivity index (χ0) is 14.4. The van der Waals surface area contributed by atoms with Crippen LogP contribution < -0.4 is 5.32 Å². The SMILES string of the molecule is CCCN(C)C(=O)c1nc(C(C)C)ncc1NCC. The molecular weight excluding hydrogens is 240 g/mol. The minimum Gasteiger partial charge on any atom is -0.382 e. The molecule has 0 bridgehead atoms. The average Bonchev–Trinajstić information content (AvgIpc) is 2.38. The Morgan fingerprint density at radius 1 is 1.42 bits per heavy atom. The number of anilines is 1. The van der Waals surface area contributed by atoms with Gasteiger partial charge in [0.2, 0.25) is 0 Å². The Morgan fingerprint density at radius 2 is 2.11 bits per heavy atom. The van der Waals surface area contributed by atoms with E-state index in [2.05, 4.69) is 22.2 Å². The van der Waals surface area contributed by atoms with Gasteiger partial charge >= 0.3 is 0 Å². The van der Waals surface area contributed by atoms with Gasteiger partial charge in [0.25, 0.3) is 5.91 Å². The van der Waals surface area contributed by atoms with Gasteiger partial charge < -0.3 is 10.2 Å². The number of rotatable bonds is 6. The van der Waals surface area contributed by atoms with Crippen molar-refractivity contribution in [3.63, 3.8) is 0 Å². The topological polar surface area (TPSA) is 58.1 Å². The number of carbonyl (C=O) groups excluding carboxylic acids is 1. The Bertz CT molecular complexity index is 431. The van der Waals surface area contributed by atoms with Crippen LogP contribution in [0.1, 0.15) is 56.3 Å². The predicted molar refractivity (Wildman–Crippen MR) is 77.5 cm³/mol. The van der Waals surface area contributed by atoms with Gasteiger partial charge in [-0.3, -0.25) is 4.79 Å². The van der Waals surface area contributed by atoms with Crippen molar-refractivity contribution in [1.82, 2.24) is 14.9 Å². The molecule has 0 atom stereocenters. The van der Waals surface area contributed by atoms with E-state index >= 15 is 0 Å². The molecule has 0 spiro atoms. The Kier molecular flexibility index (Phi) is 5.73. The summed E-state index contributed by atoms with van der Waals surface area (Å²) in [5.41, 5.74) is 1.18. The predicted octanol–water partition coefficient (Wildman–Crippen LogP) is 2.51. The first kappa shape index (κ1) is 15.4. The van der Waals surface area contributed by atoms with Crippen molar-refractivity contribution in [3.8, 4) is 0 Å². The molecule has 0 aliphatic rings. The van der Waals surface area contributed by atoms with Crippen molar-refractivity contribution in [1.29, 1.82) is 0 Å². The number of amides is 1. The number of hydrogen-bond acceptors (Lipinski definition) is 4. The summed E-state index contributed by atoms with van der Waals surface area (Å²) >= 11 is 0. The van der Waals surface area contributed by atoms with Crippen LogP contribution in [0.2, 0.25) is 0 Å². The summed E-state index contributed by atoms with van der Waals surface area (Å²) in [6.45, 7) is 9.54. The number of nitrogens with one attached hydrogen (secondary N) is 1. The summed E-state index contributed by atoms with van der Waals surface area (Å²) in [7, 11) is 1.80. The van der Waals surface area contributed by atoms with Crippen LogP contribution in [0.15, 0.2) is 6.20 Å². The third-order valence-corrected chi connectivity index (χ3v) is 2.80. The fraction of sp³-hybridized carbons (Fsp3) is 0.643. The zero-order valence-electron chi connectivity index (χ0n) is 12.5. The van der Waals surface area contributed by atoms with E-state index in [9.17, 15) is 4.79 Å². The third-order valence-electron chi connectivity index (χ3n) is 2.80. The lowest BCUT2D eigenvalue weighted by Crippen LogP contribution is -2.29. The molecule has 1 aromatic heterocycles. The van der Waals surface area contributed by atoms with Gasteiger partial charge in [-0.25, -0.2) is 9.97 Å². The zero-order valence-corrected chi connectivity index (χ0v) is 12.5. The Balaban J connectivity index is 3.12. The quantitative estimate of drug-likeness (QED) is 0.857. The van der Waals surface area contributed by atoms with E-state index in [0.717, 1.165) is 19.5 Å². The highest BCUT2D eigenvalue weighted by Crippen LogP contribution is 2.17. The van der Waals surface area contributed by atoms with Gasteiger partial charge in [0.05, 0.1) is 11.9 Å². The van der Waals surface area contributed by atoms with Crippen molar-refractivity contribution in [2.45, 2.75) is 40.0 Å². The van der Waals surface area contributed by atoms with Crippen LogP contribution >= 0.6 is 0 Å². The van der Waals surface area contributed by atoms with Crippen molar-refractivity contribution in [2.75, 3.05) is 25.5 Å². The maximum Gasteiger partial charge on any atom is 0.274 e. The molecule has 1 aromatic rings. The lowest BCUT2D eigenvalue weighted by molar-refractivity contribution is 0.0790. The van der Waals surface area contributed by atoms with E-state index in [1.54, 1.807) is 18.1 Å². The van der Waals surface area contributed by atoms with Crippen molar-refractivity contribution >= 4 is 11.6 Å².